The van der Waals surface area contributed by atoms with E-state index in [4.69, 9.17) is 14.2 Å². The van der Waals surface area contributed by atoms with Gasteiger partial charge in [-0.05, 0) is 25.2 Å². The molecule has 0 aliphatic rings. The molecule has 0 heterocycles. The second-order valence-electron chi connectivity index (χ2n) is 19.7. The van der Waals surface area contributed by atoms with Gasteiger partial charge in [0, 0.05) is 19.3 Å². The van der Waals surface area contributed by atoms with Crippen LogP contribution in [0.15, 0.2) is 0 Å². The summed E-state index contributed by atoms with van der Waals surface area (Å²) in [6.45, 7) is 9.05. The monoisotopic (exact) mass is 877 g/mol. The van der Waals surface area contributed by atoms with Crippen molar-refractivity contribution in [3.8, 4) is 0 Å². The zero-order chi connectivity index (χ0) is 45.2. The number of carbonyl (C=O) groups excluding carboxylic acids is 3. The standard InChI is InChI=1S/C56H108O6/c1-5-7-9-11-13-15-17-19-20-21-22-23-28-32-36-40-44-48-55(58)61-51-53(50-60-54(57)47-43-39-35-31-27-18-16-14-12-10-8-6-2)62-56(59)49-45-41-37-33-29-25-24-26-30-34-38-42-46-52(3)4/h52-53H,5-51H2,1-4H3/t53-/m0/s1. The highest BCUT2D eigenvalue weighted by Gasteiger charge is 2.19. The molecule has 0 saturated carbocycles. The zero-order valence-electron chi connectivity index (χ0n) is 42.3. The van der Waals surface area contributed by atoms with Crippen LogP contribution >= 0.6 is 0 Å². The quantitative estimate of drug-likeness (QED) is 0.0344. The highest BCUT2D eigenvalue weighted by molar-refractivity contribution is 5.71. The normalized spacial score (nSPS) is 12.0. The number of ether oxygens (including phenoxy) is 3. The molecule has 0 aromatic rings. The number of carbonyl (C=O) groups is 3. The van der Waals surface area contributed by atoms with Gasteiger partial charge in [-0.15, -0.1) is 0 Å². The van der Waals surface area contributed by atoms with Crippen molar-refractivity contribution in [3.05, 3.63) is 0 Å². The van der Waals surface area contributed by atoms with Crippen molar-refractivity contribution in [1.82, 2.24) is 0 Å². The van der Waals surface area contributed by atoms with E-state index in [0.717, 1.165) is 63.7 Å². The summed E-state index contributed by atoms with van der Waals surface area (Å²) in [7, 11) is 0. The van der Waals surface area contributed by atoms with Crippen LogP contribution in [0.4, 0.5) is 0 Å². The van der Waals surface area contributed by atoms with Gasteiger partial charge < -0.3 is 14.2 Å². The average Bonchev–Trinajstić information content (AvgIpc) is 3.26. The smallest absolute Gasteiger partial charge is 0.306 e. The van der Waals surface area contributed by atoms with Crippen LogP contribution in [0, 0.1) is 5.92 Å². The molecule has 368 valence electrons. The van der Waals surface area contributed by atoms with Crippen LogP contribution in [0.25, 0.3) is 0 Å². The SMILES string of the molecule is CCCCCCCCCCCCCCCCCCCC(=O)OC[C@H](COC(=O)CCCCCCCCCCCCCC)OC(=O)CCCCCCCCCCCCCCC(C)C. The zero-order valence-corrected chi connectivity index (χ0v) is 42.3. The molecule has 6 nitrogen and oxygen atoms in total. The van der Waals surface area contributed by atoms with Gasteiger partial charge in [-0.1, -0.05) is 278 Å². The summed E-state index contributed by atoms with van der Waals surface area (Å²) in [5, 5.41) is 0. The summed E-state index contributed by atoms with van der Waals surface area (Å²) >= 11 is 0. The molecular formula is C56H108O6. The fraction of sp³-hybridized carbons (Fsp3) is 0.946. The topological polar surface area (TPSA) is 78.9 Å². The molecule has 0 aliphatic heterocycles. The van der Waals surface area contributed by atoms with Gasteiger partial charge in [0.05, 0.1) is 0 Å². The van der Waals surface area contributed by atoms with E-state index < -0.39 is 6.10 Å². The van der Waals surface area contributed by atoms with Crippen molar-refractivity contribution >= 4 is 17.9 Å². The van der Waals surface area contributed by atoms with Crippen LogP contribution in [-0.2, 0) is 28.6 Å². The van der Waals surface area contributed by atoms with Crippen molar-refractivity contribution in [3.63, 3.8) is 0 Å². The van der Waals surface area contributed by atoms with E-state index in [1.807, 2.05) is 0 Å². The summed E-state index contributed by atoms with van der Waals surface area (Å²) in [6.07, 6.45) is 53.7. The minimum Gasteiger partial charge on any atom is -0.462 e. The Hall–Kier alpha value is -1.59. The Kier molecular flexibility index (Phi) is 49.1. The first-order valence-electron chi connectivity index (χ1n) is 27.9. The van der Waals surface area contributed by atoms with Crippen molar-refractivity contribution in [1.29, 1.82) is 0 Å². The van der Waals surface area contributed by atoms with E-state index in [-0.39, 0.29) is 31.1 Å². The third kappa shape index (κ3) is 49.4. The lowest BCUT2D eigenvalue weighted by Gasteiger charge is -2.18. The molecule has 0 N–H and O–H groups in total. The van der Waals surface area contributed by atoms with Crippen LogP contribution in [0.1, 0.15) is 317 Å². The molecule has 62 heavy (non-hydrogen) atoms. The van der Waals surface area contributed by atoms with Crippen molar-refractivity contribution in [2.75, 3.05) is 13.2 Å². The summed E-state index contributed by atoms with van der Waals surface area (Å²) in [4.78, 5) is 38.0. The van der Waals surface area contributed by atoms with Crippen molar-refractivity contribution in [2.45, 2.75) is 323 Å². The second-order valence-corrected chi connectivity index (χ2v) is 19.7. The molecule has 0 aliphatic carbocycles. The molecule has 0 aromatic carbocycles. The summed E-state index contributed by atoms with van der Waals surface area (Å²) in [6, 6.07) is 0. The van der Waals surface area contributed by atoms with Gasteiger partial charge in [0.15, 0.2) is 6.10 Å². The number of hydrogen-bond acceptors (Lipinski definition) is 6. The largest absolute Gasteiger partial charge is 0.462 e. The predicted octanol–water partition coefficient (Wildman–Crippen LogP) is 18.2. The first kappa shape index (κ1) is 60.4. The first-order chi connectivity index (χ1) is 30.4. The van der Waals surface area contributed by atoms with Crippen LogP contribution in [0.5, 0.6) is 0 Å². The Morgan fingerprint density at radius 2 is 0.532 bits per heavy atom. The fourth-order valence-corrected chi connectivity index (χ4v) is 8.57. The first-order valence-corrected chi connectivity index (χ1v) is 27.9. The second kappa shape index (κ2) is 50.4. The Labute approximate surface area is 387 Å². The van der Waals surface area contributed by atoms with E-state index in [9.17, 15) is 14.4 Å². The molecule has 0 saturated heterocycles. The minimum absolute atomic E-state index is 0.0621. The lowest BCUT2D eigenvalue weighted by atomic mass is 10.0. The maximum Gasteiger partial charge on any atom is 0.306 e. The van der Waals surface area contributed by atoms with Gasteiger partial charge in [-0.25, -0.2) is 0 Å². The highest BCUT2D eigenvalue weighted by atomic mass is 16.6. The molecule has 0 bridgehead atoms. The number of unbranched alkanes of at least 4 members (excludes halogenated alkanes) is 38. The Balaban J connectivity index is 4.28. The van der Waals surface area contributed by atoms with Gasteiger partial charge in [0.25, 0.3) is 0 Å². The van der Waals surface area contributed by atoms with Crippen molar-refractivity contribution in [2.24, 2.45) is 5.92 Å². The van der Waals surface area contributed by atoms with Gasteiger partial charge >= 0.3 is 17.9 Å². The third-order valence-corrected chi connectivity index (χ3v) is 12.8. The van der Waals surface area contributed by atoms with E-state index >= 15 is 0 Å². The lowest BCUT2D eigenvalue weighted by molar-refractivity contribution is -0.167. The third-order valence-electron chi connectivity index (χ3n) is 12.8. The molecule has 6 heteroatoms. The lowest BCUT2D eigenvalue weighted by Crippen LogP contribution is -2.30. The molecule has 1 atom stereocenters. The Bertz CT molecular complexity index is 933. The fourth-order valence-electron chi connectivity index (χ4n) is 8.57. The number of hydrogen-bond donors (Lipinski definition) is 0. The van der Waals surface area contributed by atoms with E-state index in [2.05, 4.69) is 27.7 Å². The van der Waals surface area contributed by atoms with Crippen LogP contribution in [0.2, 0.25) is 0 Å². The van der Waals surface area contributed by atoms with Gasteiger partial charge in [-0.2, -0.15) is 0 Å². The number of esters is 3. The minimum atomic E-state index is -0.761. The summed E-state index contributed by atoms with van der Waals surface area (Å²) < 4.78 is 16.9. The molecule has 0 aromatic heterocycles. The van der Waals surface area contributed by atoms with E-state index in [0.29, 0.717) is 19.3 Å². The molecule has 0 amide bonds. The molecular weight excluding hydrogens is 769 g/mol. The van der Waals surface area contributed by atoms with Crippen LogP contribution in [-0.4, -0.2) is 37.2 Å². The average molecular weight is 877 g/mol. The molecule has 0 radical (unpaired) electrons. The maximum absolute atomic E-state index is 12.8. The van der Waals surface area contributed by atoms with Crippen molar-refractivity contribution < 1.29 is 28.6 Å². The van der Waals surface area contributed by atoms with Crippen LogP contribution in [0.3, 0.4) is 0 Å². The maximum atomic E-state index is 12.8. The Morgan fingerprint density at radius 3 is 0.790 bits per heavy atom. The molecule has 0 unspecified atom stereocenters. The van der Waals surface area contributed by atoms with Gasteiger partial charge in [0.1, 0.15) is 13.2 Å². The highest BCUT2D eigenvalue weighted by Crippen LogP contribution is 2.18. The number of rotatable bonds is 51. The molecule has 0 rings (SSSR count). The Morgan fingerprint density at radius 1 is 0.306 bits per heavy atom. The van der Waals surface area contributed by atoms with Crippen LogP contribution < -0.4 is 0 Å². The summed E-state index contributed by atoms with van der Waals surface area (Å²) in [5.41, 5.74) is 0. The van der Waals surface area contributed by atoms with Gasteiger partial charge in [-0.3, -0.25) is 14.4 Å². The van der Waals surface area contributed by atoms with E-state index in [1.54, 1.807) is 0 Å². The van der Waals surface area contributed by atoms with E-state index in [1.165, 1.54) is 212 Å². The van der Waals surface area contributed by atoms with Gasteiger partial charge in [0.2, 0.25) is 0 Å². The molecule has 0 spiro atoms. The summed E-state index contributed by atoms with van der Waals surface area (Å²) in [5.74, 6) is -0.00658. The molecule has 0 fully saturated rings. The predicted molar refractivity (Wildman–Crippen MR) is 266 cm³/mol.